The smallest absolute Gasteiger partial charge is 0.251 e. The van der Waals surface area contributed by atoms with Gasteiger partial charge in [0.1, 0.15) is 5.75 Å². The Morgan fingerprint density at radius 3 is 2.89 bits per heavy atom. The first kappa shape index (κ1) is 13.9. The van der Waals surface area contributed by atoms with E-state index < -0.39 is 0 Å². The van der Waals surface area contributed by atoms with E-state index in [4.69, 9.17) is 4.74 Å². The first-order valence-electron chi connectivity index (χ1n) is 7.30. The van der Waals surface area contributed by atoms with Gasteiger partial charge in [-0.2, -0.15) is 0 Å². The van der Waals surface area contributed by atoms with Crippen molar-refractivity contribution in [2.45, 2.75) is 39.0 Å². The monoisotopic (exact) mass is 261 g/mol. The number of nitrogens with one attached hydrogen (secondary N) is 1. The topological polar surface area (TPSA) is 38.3 Å². The minimum Gasteiger partial charge on any atom is -0.494 e. The second kappa shape index (κ2) is 7.17. The largest absolute Gasteiger partial charge is 0.494 e. The van der Waals surface area contributed by atoms with Crippen molar-refractivity contribution >= 4 is 5.91 Å². The molecule has 2 rings (SSSR count). The normalized spacial score (nSPS) is 15.4. The van der Waals surface area contributed by atoms with Gasteiger partial charge in [-0.15, -0.1) is 0 Å². The van der Waals surface area contributed by atoms with E-state index >= 15 is 0 Å². The first-order valence-corrected chi connectivity index (χ1v) is 7.30. The van der Waals surface area contributed by atoms with Gasteiger partial charge in [0.15, 0.2) is 0 Å². The second-order valence-electron chi connectivity index (χ2n) is 5.16. The minimum absolute atomic E-state index is 0.000417. The zero-order valence-electron chi connectivity index (χ0n) is 11.7. The fourth-order valence-corrected chi connectivity index (χ4v) is 2.68. The van der Waals surface area contributed by atoms with Gasteiger partial charge in [0, 0.05) is 12.1 Å². The van der Waals surface area contributed by atoms with Gasteiger partial charge in [-0.3, -0.25) is 4.79 Å². The Morgan fingerprint density at radius 2 is 2.16 bits per heavy atom. The molecule has 0 spiro atoms. The number of ether oxygens (including phenoxy) is 1. The van der Waals surface area contributed by atoms with Gasteiger partial charge in [0.25, 0.3) is 5.91 Å². The van der Waals surface area contributed by atoms with Gasteiger partial charge < -0.3 is 10.1 Å². The maximum Gasteiger partial charge on any atom is 0.251 e. The van der Waals surface area contributed by atoms with Crippen molar-refractivity contribution in [2.24, 2.45) is 5.92 Å². The number of carbonyl (C=O) groups excluding carboxylic acids is 1. The van der Waals surface area contributed by atoms with Crippen LogP contribution in [0.5, 0.6) is 5.75 Å². The summed E-state index contributed by atoms with van der Waals surface area (Å²) < 4.78 is 5.40. The van der Waals surface area contributed by atoms with Gasteiger partial charge in [0.05, 0.1) is 6.61 Å². The molecule has 1 aliphatic carbocycles. The standard InChI is InChI=1S/C16H23NO2/c1-2-19-15-9-5-8-14(12-15)16(18)17-11-10-13-6-3-4-7-13/h5,8-9,12-13H,2-4,6-7,10-11H2,1H3,(H,17,18). The van der Waals surface area contributed by atoms with Crippen LogP contribution in [-0.4, -0.2) is 19.1 Å². The van der Waals surface area contributed by atoms with Crippen LogP contribution >= 0.6 is 0 Å². The van der Waals surface area contributed by atoms with Gasteiger partial charge in [-0.05, 0) is 37.5 Å². The lowest BCUT2D eigenvalue weighted by atomic mass is 10.0. The number of carbonyl (C=O) groups is 1. The number of rotatable bonds is 6. The van der Waals surface area contributed by atoms with E-state index in [0.29, 0.717) is 12.2 Å². The Labute approximate surface area is 115 Å². The molecule has 0 heterocycles. The molecule has 3 heteroatoms. The van der Waals surface area contributed by atoms with Crippen molar-refractivity contribution in [1.82, 2.24) is 5.32 Å². The van der Waals surface area contributed by atoms with E-state index in [9.17, 15) is 4.79 Å². The molecule has 1 fully saturated rings. The first-order chi connectivity index (χ1) is 9.29. The van der Waals surface area contributed by atoms with Crippen LogP contribution in [0.25, 0.3) is 0 Å². The summed E-state index contributed by atoms with van der Waals surface area (Å²) in [5, 5.41) is 3.00. The number of hydrogen-bond donors (Lipinski definition) is 1. The molecule has 1 aromatic carbocycles. The Kier molecular flexibility index (Phi) is 5.25. The van der Waals surface area contributed by atoms with Crippen molar-refractivity contribution in [3.8, 4) is 5.75 Å². The average Bonchev–Trinajstić information content (AvgIpc) is 2.92. The van der Waals surface area contributed by atoms with Crippen LogP contribution in [0.15, 0.2) is 24.3 Å². The molecule has 19 heavy (non-hydrogen) atoms. The Morgan fingerprint density at radius 1 is 1.37 bits per heavy atom. The summed E-state index contributed by atoms with van der Waals surface area (Å²) in [5.41, 5.74) is 0.678. The van der Waals surface area contributed by atoms with Crippen molar-refractivity contribution < 1.29 is 9.53 Å². The van der Waals surface area contributed by atoms with Gasteiger partial charge >= 0.3 is 0 Å². The van der Waals surface area contributed by atoms with E-state index in [2.05, 4.69) is 5.32 Å². The lowest BCUT2D eigenvalue weighted by Crippen LogP contribution is -2.25. The van der Waals surface area contributed by atoms with E-state index in [-0.39, 0.29) is 5.91 Å². The summed E-state index contributed by atoms with van der Waals surface area (Å²) >= 11 is 0. The maximum atomic E-state index is 12.0. The van der Waals surface area contributed by atoms with Gasteiger partial charge in [0.2, 0.25) is 0 Å². The van der Waals surface area contributed by atoms with Crippen LogP contribution in [0.2, 0.25) is 0 Å². The van der Waals surface area contributed by atoms with Crippen LogP contribution in [0, 0.1) is 5.92 Å². The number of benzene rings is 1. The SMILES string of the molecule is CCOc1cccc(C(=O)NCCC2CCCC2)c1. The van der Waals surface area contributed by atoms with Crippen LogP contribution in [0.3, 0.4) is 0 Å². The average molecular weight is 261 g/mol. The molecule has 3 nitrogen and oxygen atoms in total. The third-order valence-electron chi connectivity index (χ3n) is 3.72. The number of amides is 1. The molecule has 0 aromatic heterocycles. The van der Waals surface area contributed by atoms with Crippen LogP contribution in [0.1, 0.15) is 49.4 Å². The molecule has 0 aliphatic heterocycles. The quantitative estimate of drug-likeness (QED) is 0.852. The van der Waals surface area contributed by atoms with E-state index in [0.717, 1.165) is 24.6 Å². The fraction of sp³-hybridized carbons (Fsp3) is 0.562. The predicted molar refractivity (Wildman–Crippen MR) is 76.5 cm³/mol. The summed E-state index contributed by atoms with van der Waals surface area (Å²) in [5.74, 6) is 1.57. The Bertz CT molecular complexity index is 411. The van der Waals surface area contributed by atoms with Crippen molar-refractivity contribution in [1.29, 1.82) is 0 Å². The van der Waals surface area contributed by atoms with Crippen LogP contribution < -0.4 is 10.1 Å². The summed E-state index contributed by atoms with van der Waals surface area (Å²) in [4.78, 5) is 12.0. The van der Waals surface area contributed by atoms with Gasteiger partial charge in [-0.25, -0.2) is 0 Å². The van der Waals surface area contributed by atoms with Crippen molar-refractivity contribution in [2.75, 3.05) is 13.2 Å². The van der Waals surface area contributed by atoms with E-state index in [1.54, 1.807) is 6.07 Å². The molecule has 0 saturated heterocycles. The lowest BCUT2D eigenvalue weighted by molar-refractivity contribution is 0.0951. The molecule has 0 bridgehead atoms. The molecule has 1 saturated carbocycles. The highest BCUT2D eigenvalue weighted by molar-refractivity contribution is 5.94. The predicted octanol–water partition coefficient (Wildman–Crippen LogP) is 3.40. The van der Waals surface area contributed by atoms with Gasteiger partial charge in [-0.1, -0.05) is 31.7 Å². The van der Waals surface area contributed by atoms with Crippen LogP contribution in [0.4, 0.5) is 0 Å². The highest BCUT2D eigenvalue weighted by Crippen LogP contribution is 2.26. The summed E-state index contributed by atoms with van der Waals surface area (Å²) in [6.07, 6.45) is 6.48. The molecule has 1 N–H and O–H groups in total. The molecule has 0 atom stereocenters. The van der Waals surface area contributed by atoms with Crippen molar-refractivity contribution in [3.05, 3.63) is 29.8 Å². The molecule has 104 valence electrons. The lowest BCUT2D eigenvalue weighted by Gasteiger charge is -2.10. The maximum absolute atomic E-state index is 12.0. The van der Waals surface area contributed by atoms with E-state index in [1.807, 2.05) is 25.1 Å². The highest BCUT2D eigenvalue weighted by atomic mass is 16.5. The molecular formula is C16H23NO2. The summed E-state index contributed by atoms with van der Waals surface area (Å²) in [6.45, 7) is 3.34. The molecule has 1 aromatic rings. The second-order valence-corrected chi connectivity index (χ2v) is 5.16. The number of hydrogen-bond acceptors (Lipinski definition) is 2. The Hall–Kier alpha value is -1.51. The zero-order valence-corrected chi connectivity index (χ0v) is 11.7. The molecule has 0 radical (unpaired) electrons. The zero-order chi connectivity index (χ0) is 13.5. The summed E-state index contributed by atoms with van der Waals surface area (Å²) in [6, 6.07) is 7.36. The van der Waals surface area contributed by atoms with Crippen molar-refractivity contribution in [3.63, 3.8) is 0 Å². The Balaban J connectivity index is 1.79. The highest BCUT2D eigenvalue weighted by Gasteiger charge is 2.15. The third kappa shape index (κ3) is 4.27. The summed E-state index contributed by atoms with van der Waals surface area (Å²) in [7, 11) is 0. The van der Waals surface area contributed by atoms with Crippen LogP contribution in [-0.2, 0) is 0 Å². The fourth-order valence-electron chi connectivity index (χ4n) is 2.68. The third-order valence-corrected chi connectivity index (χ3v) is 3.72. The van der Waals surface area contributed by atoms with E-state index in [1.165, 1.54) is 25.7 Å². The molecule has 0 unspecified atom stereocenters. The minimum atomic E-state index is -0.000417. The molecule has 1 amide bonds. The molecular weight excluding hydrogens is 238 g/mol. The molecule has 1 aliphatic rings.